The third kappa shape index (κ3) is 4.94. The number of primary sulfonamides is 1. The van der Waals surface area contributed by atoms with Crippen molar-refractivity contribution in [2.75, 3.05) is 6.61 Å². The SMILES string of the molecule is Cc1cc(C(=O)COC(=O)CC2CCCC2)c(C)n1-c1ccc(S(N)(=O)=O)cc1. The molecule has 1 aliphatic rings. The number of hydrogen-bond acceptors (Lipinski definition) is 5. The van der Waals surface area contributed by atoms with Crippen LogP contribution in [0.25, 0.3) is 5.69 Å². The van der Waals surface area contributed by atoms with Crippen LogP contribution in [-0.4, -0.2) is 31.3 Å². The first-order valence-corrected chi connectivity index (χ1v) is 11.2. The zero-order chi connectivity index (χ0) is 21.2. The van der Waals surface area contributed by atoms with E-state index in [0.717, 1.165) is 31.4 Å². The Kier molecular flexibility index (Phi) is 6.24. The predicted octanol–water partition coefficient (Wildman–Crippen LogP) is 3.05. The number of nitrogens with zero attached hydrogens (tertiary/aromatic N) is 1. The largest absolute Gasteiger partial charge is 0.457 e. The number of Topliss-reactive ketones (excluding diaryl/α,β-unsaturated/α-hetero) is 1. The van der Waals surface area contributed by atoms with E-state index in [9.17, 15) is 18.0 Å². The van der Waals surface area contributed by atoms with Gasteiger partial charge in [0.25, 0.3) is 0 Å². The summed E-state index contributed by atoms with van der Waals surface area (Å²) < 4.78 is 29.9. The van der Waals surface area contributed by atoms with E-state index in [-0.39, 0.29) is 23.3 Å². The molecule has 0 unspecified atom stereocenters. The third-order valence-corrected chi connectivity index (χ3v) is 6.38. The number of ether oxygens (including phenoxy) is 1. The van der Waals surface area contributed by atoms with Gasteiger partial charge in [-0.2, -0.15) is 0 Å². The summed E-state index contributed by atoms with van der Waals surface area (Å²) in [5, 5.41) is 5.14. The first kappa shape index (κ1) is 21.3. The number of esters is 1. The molecule has 3 rings (SSSR count). The molecule has 1 saturated carbocycles. The lowest BCUT2D eigenvalue weighted by Gasteiger charge is -2.11. The van der Waals surface area contributed by atoms with E-state index < -0.39 is 10.0 Å². The molecule has 0 bridgehead atoms. The van der Waals surface area contributed by atoms with Crippen molar-refractivity contribution in [2.45, 2.75) is 50.8 Å². The number of sulfonamides is 1. The van der Waals surface area contributed by atoms with Gasteiger partial charge in [0.2, 0.25) is 15.8 Å². The summed E-state index contributed by atoms with van der Waals surface area (Å²) in [6.45, 7) is 3.37. The molecule has 8 heteroatoms. The molecule has 1 aromatic carbocycles. The molecule has 0 atom stereocenters. The highest BCUT2D eigenvalue weighted by atomic mass is 32.2. The highest BCUT2D eigenvalue weighted by Crippen LogP contribution is 2.28. The zero-order valence-electron chi connectivity index (χ0n) is 16.7. The van der Waals surface area contributed by atoms with Crippen molar-refractivity contribution in [3.8, 4) is 5.69 Å². The molecular weight excluding hydrogens is 392 g/mol. The maximum absolute atomic E-state index is 12.6. The van der Waals surface area contributed by atoms with Crippen LogP contribution in [0.4, 0.5) is 0 Å². The fraction of sp³-hybridized carbons (Fsp3) is 0.429. The average molecular weight is 419 g/mol. The topological polar surface area (TPSA) is 108 Å². The summed E-state index contributed by atoms with van der Waals surface area (Å²) in [4.78, 5) is 24.6. The number of benzene rings is 1. The van der Waals surface area contributed by atoms with Gasteiger partial charge < -0.3 is 9.30 Å². The Hall–Kier alpha value is -2.45. The van der Waals surface area contributed by atoms with Crippen LogP contribution in [0, 0.1) is 19.8 Å². The second-order valence-electron chi connectivity index (χ2n) is 7.60. The Morgan fingerprint density at radius 3 is 2.34 bits per heavy atom. The molecule has 1 heterocycles. The molecule has 0 aliphatic heterocycles. The van der Waals surface area contributed by atoms with Crippen molar-refractivity contribution in [2.24, 2.45) is 11.1 Å². The van der Waals surface area contributed by atoms with Gasteiger partial charge in [-0.05, 0) is 62.9 Å². The third-order valence-electron chi connectivity index (χ3n) is 5.45. The van der Waals surface area contributed by atoms with Gasteiger partial charge in [0, 0.05) is 29.1 Å². The monoisotopic (exact) mass is 418 g/mol. The lowest BCUT2D eigenvalue weighted by atomic mass is 10.0. The number of ketones is 1. The number of carbonyl (C=O) groups is 2. The Morgan fingerprint density at radius 2 is 1.76 bits per heavy atom. The number of aromatic nitrogens is 1. The molecule has 2 aromatic rings. The van der Waals surface area contributed by atoms with Gasteiger partial charge in [-0.25, -0.2) is 13.6 Å². The van der Waals surface area contributed by atoms with Crippen LogP contribution in [0.2, 0.25) is 0 Å². The van der Waals surface area contributed by atoms with Crippen molar-refractivity contribution in [1.29, 1.82) is 0 Å². The first-order valence-electron chi connectivity index (χ1n) is 9.68. The van der Waals surface area contributed by atoms with Gasteiger partial charge in [0.15, 0.2) is 6.61 Å². The minimum absolute atomic E-state index is 0.0224. The molecule has 29 heavy (non-hydrogen) atoms. The zero-order valence-corrected chi connectivity index (χ0v) is 17.5. The van der Waals surface area contributed by atoms with Gasteiger partial charge in [0.05, 0.1) is 4.90 Å². The van der Waals surface area contributed by atoms with Gasteiger partial charge in [-0.3, -0.25) is 9.59 Å². The van der Waals surface area contributed by atoms with Crippen LogP contribution in [0.15, 0.2) is 35.2 Å². The van der Waals surface area contributed by atoms with Crippen molar-refractivity contribution in [3.63, 3.8) is 0 Å². The molecular formula is C21H26N2O5S. The molecule has 7 nitrogen and oxygen atoms in total. The maximum Gasteiger partial charge on any atom is 0.306 e. The van der Waals surface area contributed by atoms with E-state index in [0.29, 0.717) is 29.3 Å². The van der Waals surface area contributed by atoms with Crippen molar-refractivity contribution in [3.05, 3.63) is 47.3 Å². The summed E-state index contributed by atoms with van der Waals surface area (Å²) in [7, 11) is -3.77. The predicted molar refractivity (Wildman–Crippen MR) is 108 cm³/mol. The molecule has 1 aliphatic carbocycles. The van der Waals surface area contributed by atoms with Crippen LogP contribution < -0.4 is 5.14 Å². The Morgan fingerprint density at radius 1 is 1.14 bits per heavy atom. The number of aryl methyl sites for hydroxylation is 1. The quantitative estimate of drug-likeness (QED) is 0.549. The van der Waals surface area contributed by atoms with Crippen molar-refractivity contribution >= 4 is 21.8 Å². The first-order chi connectivity index (χ1) is 13.7. The lowest BCUT2D eigenvalue weighted by Crippen LogP contribution is -2.16. The molecule has 1 fully saturated rings. The summed E-state index contributed by atoms with van der Waals surface area (Å²) in [5.41, 5.74) is 2.70. The van der Waals surface area contributed by atoms with E-state index in [1.165, 1.54) is 12.1 Å². The summed E-state index contributed by atoms with van der Waals surface area (Å²) in [5.74, 6) is -0.203. The van der Waals surface area contributed by atoms with Crippen LogP contribution in [0.1, 0.15) is 53.8 Å². The van der Waals surface area contributed by atoms with Crippen LogP contribution in [0.5, 0.6) is 0 Å². The fourth-order valence-corrected chi connectivity index (χ4v) is 4.48. The number of hydrogen-bond donors (Lipinski definition) is 1. The van der Waals surface area contributed by atoms with Crippen LogP contribution in [-0.2, 0) is 19.6 Å². The highest BCUT2D eigenvalue weighted by Gasteiger charge is 2.22. The molecule has 0 amide bonds. The summed E-state index contributed by atoms with van der Waals surface area (Å²) >= 11 is 0. The van der Waals surface area contributed by atoms with Gasteiger partial charge in [-0.15, -0.1) is 0 Å². The highest BCUT2D eigenvalue weighted by molar-refractivity contribution is 7.89. The van der Waals surface area contributed by atoms with Gasteiger partial charge >= 0.3 is 5.97 Å². The van der Waals surface area contributed by atoms with E-state index in [1.54, 1.807) is 25.1 Å². The minimum Gasteiger partial charge on any atom is -0.457 e. The van der Waals surface area contributed by atoms with E-state index in [2.05, 4.69) is 0 Å². The Balaban J connectivity index is 1.71. The standard InChI is InChI=1S/C21H26N2O5S/c1-14-11-19(20(24)13-28-21(25)12-16-5-3-4-6-16)15(2)23(14)17-7-9-18(10-8-17)29(22,26)27/h7-11,16H,3-6,12-13H2,1-2H3,(H2,22,26,27). The number of carbonyl (C=O) groups excluding carboxylic acids is 2. The molecule has 0 radical (unpaired) electrons. The van der Waals surface area contributed by atoms with E-state index in [4.69, 9.17) is 9.88 Å². The van der Waals surface area contributed by atoms with Crippen molar-refractivity contribution < 1.29 is 22.7 Å². The van der Waals surface area contributed by atoms with Gasteiger partial charge in [0.1, 0.15) is 0 Å². The molecule has 1 aromatic heterocycles. The Labute approximate surface area is 170 Å². The molecule has 156 valence electrons. The van der Waals surface area contributed by atoms with Crippen LogP contribution in [0.3, 0.4) is 0 Å². The normalized spacial score (nSPS) is 14.9. The Bertz CT molecular complexity index is 1020. The minimum atomic E-state index is -3.77. The fourth-order valence-electron chi connectivity index (χ4n) is 3.96. The second-order valence-corrected chi connectivity index (χ2v) is 9.16. The van der Waals surface area contributed by atoms with E-state index in [1.807, 2.05) is 11.5 Å². The van der Waals surface area contributed by atoms with Crippen LogP contribution >= 0.6 is 0 Å². The second kappa shape index (κ2) is 8.51. The maximum atomic E-state index is 12.6. The average Bonchev–Trinajstić information content (AvgIpc) is 3.27. The summed E-state index contributed by atoms with van der Waals surface area (Å²) in [6, 6.07) is 7.87. The molecule has 0 saturated heterocycles. The smallest absolute Gasteiger partial charge is 0.306 e. The van der Waals surface area contributed by atoms with E-state index >= 15 is 0 Å². The van der Waals surface area contributed by atoms with Crippen molar-refractivity contribution in [1.82, 2.24) is 4.57 Å². The molecule has 2 N–H and O–H groups in total. The molecule has 0 spiro atoms. The van der Waals surface area contributed by atoms with Gasteiger partial charge in [-0.1, -0.05) is 12.8 Å². The lowest BCUT2D eigenvalue weighted by molar-refractivity contribution is -0.143. The number of nitrogens with two attached hydrogens (primary N) is 1. The summed E-state index contributed by atoms with van der Waals surface area (Å²) in [6.07, 6.45) is 4.79. The number of rotatable bonds is 7.